The third-order valence-electron chi connectivity index (χ3n) is 5.45. The van der Waals surface area contributed by atoms with Crippen molar-refractivity contribution in [2.45, 2.75) is 38.6 Å². The van der Waals surface area contributed by atoms with Crippen LogP contribution in [-0.2, 0) is 16.0 Å². The second-order valence-electron chi connectivity index (χ2n) is 7.89. The van der Waals surface area contributed by atoms with Gasteiger partial charge in [-0.25, -0.2) is 0 Å². The van der Waals surface area contributed by atoms with Crippen LogP contribution in [0.3, 0.4) is 0 Å². The van der Waals surface area contributed by atoms with E-state index >= 15 is 0 Å². The molecule has 1 aromatic heterocycles. The van der Waals surface area contributed by atoms with Gasteiger partial charge in [-0.2, -0.15) is 0 Å². The lowest BCUT2D eigenvalue weighted by Gasteiger charge is -2.08. The molecule has 6 N–H and O–H groups in total. The van der Waals surface area contributed by atoms with Gasteiger partial charge in [0.15, 0.2) is 0 Å². The van der Waals surface area contributed by atoms with Gasteiger partial charge in [-0.1, -0.05) is 18.0 Å². The van der Waals surface area contributed by atoms with Gasteiger partial charge in [0, 0.05) is 21.7 Å². The van der Waals surface area contributed by atoms with Crippen molar-refractivity contribution in [2.75, 3.05) is 13.7 Å². The first-order valence-electron chi connectivity index (χ1n) is 11.0. The number of unbranched alkanes of at least 4 members (excludes halogenated alkanes) is 1. The molecule has 0 aliphatic heterocycles. The first-order valence-corrected chi connectivity index (χ1v) is 11.4. The van der Waals surface area contributed by atoms with Crippen LogP contribution in [0.1, 0.15) is 40.9 Å². The molecule has 3 aromatic rings. The molecule has 1 unspecified atom stereocenters. The Balaban J connectivity index is 0.000000367. The van der Waals surface area contributed by atoms with Crippen molar-refractivity contribution in [1.29, 1.82) is 0 Å². The van der Waals surface area contributed by atoms with Gasteiger partial charge in [-0.05, 0) is 74.3 Å². The van der Waals surface area contributed by atoms with Crippen LogP contribution >= 0.6 is 11.6 Å². The summed E-state index contributed by atoms with van der Waals surface area (Å²) in [5.41, 5.74) is 12.7. The largest absolute Gasteiger partial charge is 0.497 e. The zero-order valence-electron chi connectivity index (χ0n) is 19.7. The number of halogens is 1. The van der Waals surface area contributed by atoms with Gasteiger partial charge in [-0.15, -0.1) is 0 Å². The summed E-state index contributed by atoms with van der Waals surface area (Å²) >= 11 is 5.89. The number of aliphatic carboxylic acids is 2. The Hall–Kier alpha value is -3.40. The van der Waals surface area contributed by atoms with Gasteiger partial charge >= 0.3 is 11.9 Å². The molecule has 0 saturated carbocycles. The highest BCUT2D eigenvalue weighted by atomic mass is 35.5. The fourth-order valence-electron chi connectivity index (χ4n) is 3.58. The van der Waals surface area contributed by atoms with Crippen LogP contribution in [0.25, 0.3) is 10.9 Å². The minimum absolute atomic E-state index is 0.170. The van der Waals surface area contributed by atoms with E-state index in [9.17, 15) is 19.5 Å². The third kappa shape index (κ3) is 7.29. The minimum Gasteiger partial charge on any atom is -0.497 e. The first kappa shape index (κ1) is 27.8. The highest BCUT2D eigenvalue weighted by Gasteiger charge is 2.21. The van der Waals surface area contributed by atoms with Crippen molar-refractivity contribution >= 4 is 40.3 Å². The molecule has 0 aliphatic carbocycles. The molecular weight excluding hydrogens is 474 g/mol. The monoisotopic (exact) mass is 503 g/mol. The van der Waals surface area contributed by atoms with Gasteiger partial charge in [-0.3, -0.25) is 19.0 Å². The number of nitrogens with zero attached hydrogens (tertiary/aromatic N) is 1. The van der Waals surface area contributed by atoms with Gasteiger partial charge in [0.1, 0.15) is 11.8 Å². The molecule has 2 aromatic carbocycles. The van der Waals surface area contributed by atoms with Crippen LogP contribution in [0.4, 0.5) is 0 Å². The predicted molar refractivity (Wildman–Crippen MR) is 134 cm³/mol. The van der Waals surface area contributed by atoms with Crippen molar-refractivity contribution in [1.82, 2.24) is 4.57 Å². The average molecular weight is 504 g/mol. The number of fused-ring (bicyclic) bond motifs is 1. The van der Waals surface area contributed by atoms with Crippen LogP contribution < -0.4 is 16.2 Å². The molecule has 0 spiro atoms. The number of benzene rings is 2. The maximum Gasteiger partial charge on any atom is 0.320 e. The molecule has 0 bridgehead atoms. The summed E-state index contributed by atoms with van der Waals surface area (Å²) in [5, 5.41) is 18.8. The van der Waals surface area contributed by atoms with Crippen LogP contribution in [0.15, 0.2) is 42.5 Å². The number of hydrogen-bond donors (Lipinski definition) is 4. The molecule has 10 heteroatoms. The number of carboxylic acids is 2. The van der Waals surface area contributed by atoms with Gasteiger partial charge < -0.3 is 26.4 Å². The highest BCUT2D eigenvalue weighted by Crippen LogP contribution is 2.30. The Morgan fingerprint density at radius 1 is 1.09 bits per heavy atom. The van der Waals surface area contributed by atoms with E-state index in [-0.39, 0.29) is 12.3 Å². The Bertz CT molecular complexity index is 1190. The van der Waals surface area contributed by atoms with Crippen LogP contribution in [0.5, 0.6) is 5.75 Å². The zero-order valence-corrected chi connectivity index (χ0v) is 20.4. The summed E-state index contributed by atoms with van der Waals surface area (Å²) in [6.45, 7) is 2.35. The van der Waals surface area contributed by atoms with Gasteiger partial charge in [0.05, 0.1) is 19.0 Å². The van der Waals surface area contributed by atoms with E-state index in [1.807, 2.05) is 0 Å². The second-order valence-corrected chi connectivity index (χ2v) is 8.33. The number of ether oxygens (including phenoxy) is 1. The fraction of sp³-hybridized carbons (Fsp3) is 0.320. The van der Waals surface area contributed by atoms with E-state index in [4.69, 9.17) is 32.9 Å². The van der Waals surface area contributed by atoms with Gasteiger partial charge in [0.25, 0.3) is 5.91 Å². The molecule has 1 atom stereocenters. The molecule has 1 heterocycles. The third-order valence-corrected chi connectivity index (χ3v) is 5.70. The molecule has 0 saturated heterocycles. The minimum atomic E-state index is -0.955. The average Bonchev–Trinajstić information content (AvgIpc) is 3.09. The van der Waals surface area contributed by atoms with Crippen LogP contribution in [-0.4, -0.2) is 52.3 Å². The summed E-state index contributed by atoms with van der Waals surface area (Å²) in [7, 11) is 1.54. The van der Waals surface area contributed by atoms with Crippen LogP contribution in [0, 0.1) is 6.92 Å². The maximum absolute atomic E-state index is 13.0. The van der Waals surface area contributed by atoms with Gasteiger partial charge in [0.2, 0.25) is 0 Å². The fourth-order valence-corrected chi connectivity index (χ4v) is 3.71. The van der Waals surface area contributed by atoms with E-state index < -0.39 is 18.0 Å². The topological polar surface area (TPSA) is 158 Å². The summed E-state index contributed by atoms with van der Waals surface area (Å²) in [5.74, 6) is -1.52. The number of carbonyl (C=O) groups excluding carboxylic acids is 1. The number of aromatic nitrogens is 1. The lowest BCUT2D eigenvalue weighted by Crippen LogP contribution is -2.29. The second kappa shape index (κ2) is 12.9. The first-order chi connectivity index (χ1) is 16.6. The molecular formula is C25H30ClN3O6. The lowest BCUT2D eigenvalue weighted by atomic mass is 10.1. The molecule has 9 nitrogen and oxygen atoms in total. The highest BCUT2D eigenvalue weighted by molar-refractivity contribution is 6.30. The van der Waals surface area contributed by atoms with Crippen LogP contribution in [0.2, 0.25) is 5.02 Å². The van der Waals surface area contributed by atoms with E-state index in [1.54, 1.807) is 56.5 Å². The summed E-state index contributed by atoms with van der Waals surface area (Å²) in [4.78, 5) is 34.4. The Morgan fingerprint density at radius 3 is 2.29 bits per heavy atom. The number of carboxylic acid groups (broad SMARTS) is 2. The van der Waals surface area contributed by atoms with Crippen molar-refractivity contribution in [2.24, 2.45) is 11.5 Å². The Kier molecular flexibility index (Phi) is 10.3. The SMILES string of the molecule is COc1ccc2c(c1)c(CC(=O)O)c(C)n2C(=O)c1ccc(Cl)cc1.NCCCCC(N)C(=O)O. The maximum atomic E-state index is 13.0. The quantitative estimate of drug-likeness (QED) is 0.323. The van der Waals surface area contributed by atoms with E-state index in [0.29, 0.717) is 51.5 Å². The molecule has 0 amide bonds. The number of methoxy groups -OCH3 is 1. The Morgan fingerprint density at radius 2 is 1.74 bits per heavy atom. The lowest BCUT2D eigenvalue weighted by molar-refractivity contribution is -0.139. The van der Waals surface area contributed by atoms with Crippen molar-refractivity contribution < 1.29 is 29.3 Å². The number of hydrogen-bond acceptors (Lipinski definition) is 6. The smallest absolute Gasteiger partial charge is 0.320 e. The molecule has 0 aliphatic rings. The number of rotatable bonds is 9. The number of carbonyl (C=O) groups is 3. The standard InChI is InChI=1S/C19H16ClNO4.C6H14N2O2/c1-11-15(10-18(22)23)16-9-14(25-2)7-8-17(16)21(11)19(24)12-3-5-13(20)6-4-12;7-4-2-1-3-5(8)6(9)10/h3-9H,10H2,1-2H3,(H,22,23);5H,1-4,7-8H2,(H,9,10). The van der Waals surface area contributed by atoms with E-state index in [0.717, 1.165) is 12.8 Å². The normalized spacial score (nSPS) is 11.5. The van der Waals surface area contributed by atoms with E-state index in [2.05, 4.69) is 0 Å². The van der Waals surface area contributed by atoms with Crippen molar-refractivity contribution in [3.63, 3.8) is 0 Å². The van der Waals surface area contributed by atoms with Crippen molar-refractivity contribution in [3.8, 4) is 5.75 Å². The molecule has 35 heavy (non-hydrogen) atoms. The molecule has 0 fully saturated rings. The molecule has 3 rings (SSSR count). The predicted octanol–water partition coefficient (Wildman–Crippen LogP) is 3.45. The Labute approximate surface area is 208 Å². The summed E-state index contributed by atoms with van der Waals surface area (Å²) in [6, 6.07) is 11.2. The number of nitrogens with two attached hydrogens (primary N) is 2. The summed E-state index contributed by atoms with van der Waals surface area (Å²) in [6.07, 6.45) is 1.99. The van der Waals surface area contributed by atoms with E-state index in [1.165, 1.54) is 4.57 Å². The van der Waals surface area contributed by atoms with Crippen molar-refractivity contribution in [3.05, 3.63) is 64.3 Å². The molecule has 188 valence electrons. The molecule has 0 radical (unpaired) electrons. The summed E-state index contributed by atoms with van der Waals surface area (Å²) < 4.78 is 6.77. The zero-order chi connectivity index (χ0) is 26.1.